The largest absolute Gasteiger partial charge is 0.390 e. The lowest BCUT2D eigenvalue weighted by atomic mass is 9.93. The molecule has 0 atom stereocenters. The fourth-order valence-corrected chi connectivity index (χ4v) is 3.50. The van der Waals surface area contributed by atoms with Crippen molar-refractivity contribution in [2.75, 3.05) is 5.73 Å². The maximum atomic E-state index is 11.9. The van der Waals surface area contributed by atoms with Crippen LogP contribution in [0.25, 0.3) is 22.6 Å². The summed E-state index contributed by atoms with van der Waals surface area (Å²) in [5.74, 6) is 0.988. The minimum absolute atomic E-state index is 0.0195. The molecule has 0 unspecified atom stereocenters. The number of aliphatic hydroxyl groups is 1. The standard InChI is InChI=1S/C20H25N5O4S/c1-4-17-24-19(29-25-17)16-9-13(11-23-18(16)21)15-10-14(30(22,27)28)6-5-12(15)7-8-20(2,3)26/h5-6,9-11,26H,4,7-8H2,1-3H3,(H2,21,23)(H2,22,27,28). The first-order chi connectivity index (χ1) is 14.0. The first-order valence-electron chi connectivity index (χ1n) is 9.45. The molecule has 0 saturated heterocycles. The number of pyridine rings is 1. The lowest BCUT2D eigenvalue weighted by Gasteiger charge is -2.19. The van der Waals surface area contributed by atoms with E-state index < -0.39 is 15.6 Å². The van der Waals surface area contributed by atoms with Gasteiger partial charge < -0.3 is 15.4 Å². The van der Waals surface area contributed by atoms with Gasteiger partial charge in [0.25, 0.3) is 5.89 Å². The van der Waals surface area contributed by atoms with Gasteiger partial charge in [-0.05, 0) is 56.0 Å². The molecular weight excluding hydrogens is 406 g/mol. The van der Waals surface area contributed by atoms with E-state index >= 15 is 0 Å². The topological polar surface area (TPSA) is 158 Å². The predicted octanol–water partition coefficient (Wildman–Crippen LogP) is 2.29. The van der Waals surface area contributed by atoms with Crippen molar-refractivity contribution in [2.45, 2.75) is 50.5 Å². The van der Waals surface area contributed by atoms with Crippen LogP contribution in [0.5, 0.6) is 0 Å². The molecule has 2 heterocycles. The van der Waals surface area contributed by atoms with Gasteiger partial charge in [-0.2, -0.15) is 4.98 Å². The molecule has 0 radical (unpaired) electrons. The Hall–Kier alpha value is -2.82. The number of anilines is 1. The van der Waals surface area contributed by atoms with E-state index in [-0.39, 0.29) is 16.6 Å². The zero-order chi connectivity index (χ0) is 22.1. The molecule has 0 bridgehead atoms. The first-order valence-corrected chi connectivity index (χ1v) is 11.0. The second kappa shape index (κ2) is 8.13. The van der Waals surface area contributed by atoms with Crippen LogP contribution in [0.1, 0.15) is 38.6 Å². The average molecular weight is 432 g/mol. The highest BCUT2D eigenvalue weighted by molar-refractivity contribution is 7.89. The summed E-state index contributed by atoms with van der Waals surface area (Å²) in [6, 6.07) is 6.37. The summed E-state index contributed by atoms with van der Waals surface area (Å²) in [6.07, 6.45) is 3.15. The van der Waals surface area contributed by atoms with Gasteiger partial charge in [0.15, 0.2) is 5.82 Å². The Morgan fingerprint density at radius 1 is 1.20 bits per heavy atom. The SMILES string of the molecule is CCc1noc(-c2cc(-c3cc(S(N)(=O)=O)ccc3CCC(C)(C)O)cnc2N)n1. The number of rotatable bonds is 7. The number of sulfonamides is 1. The summed E-state index contributed by atoms with van der Waals surface area (Å²) in [4.78, 5) is 8.50. The van der Waals surface area contributed by atoms with E-state index in [1.54, 1.807) is 32.2 Å². The van der Waals surface area contributed by atoms with Crippen molar-refractivity contribution >= 4 is 15.8 Å². The highest BCUT2D eigenvalue weighted by atomic mass is 32.2. The van der Waals surface area contributed by atoms with Crippen molar-refractivity contribution in [2.24, 2.45) is 5.14 Å². The molecule has 1 aromatic carbocycles. The molecule has 5 N–H and O–H groups in total. The highest BCUT2D eigenvalue weighted by Gasteiger charge is 2.19. The molecule has 160 valence electrons. The van der Waals surface area contributed by atoms with Crippen LogP contribution < -0.4 is 10.9 Å². The zero-order valence-electron chi connectivity index (χ0n) is 17.1. The molecule has 0 aliphatic carbocycles. The van der Waals surface area contributed by atoms with Crippen LogP contribution in [0.2, 0.25) is 0 Å². The van der Waals surface area contributed by atoms with Crippen LogP contribution >= 0.6 is 0 Å². The predicted molar refractivity (Wildman–Crippen MR) is 113 cm³/mol. The maximum absolute atomic E-state index is 11.9. The van der Waals surface area contributed by atoms with Gasteiger partial charge in [0.1, 0.15) is 5.82 Å². The van der Waals surface area contributed by atoms with Crippen molar-refractivity contribution in [1.82, 2.24) is 15.1 Å². The Bertz CT molecular complexity index is 1170. The first kappa shape index (κ1) is 21.9. The number of nitrogen functional groups attached to an aromatic ring is 1. The summed E-state index contributed by atoms with van der Waals surface area (Å²) >= 11 is 0. The molecule has 0 fully saturated rings. The number of nitrogens with two attached hydrogens (primary N) is 2. The van der Waals surface area contributed by atoms with E-state index in [0.29, 0.717) is 41.8 Å². The number of aromatic nitrogens is 3. The van der Waals surface area contributed by atoms with Crippen LogP contribution in [-0.2, 0) is 22.9 Å². The quantitative estimate of drug-likeness (QED) is 0.514. The van der Waals surface area contributed by atoms with Crippen LogP contribution in [0.15, 0.2) is 39.9 Å². The van der Waals surface area contributed by atoms with Gasteiger partial charge in [-0.3, -0.25) is 0 Å². The Balaban J connectivity index is 2.13. The van der Waals surface area contributed by atoms with E-state index in [0.717, 1.165) is 5.56 Å². The molecule has 0 aliphatic rings. The van der Waals surface area contributed by atoms with Gasteiger partial charge in [-0.25, -0.2) is 18.5 Å². The van der Waals surface area contributed by atoms with E-state index in [4.69, 9.17) is 15.4 Å². The van der Waals surface area contributed by atoms with Crippen molar-refractivity contribution in [1.29, 1.82) is 0 Å². The molecule has 9 nitrogen and oxygen atoms in total. The monoisotopic (exact) mass is 431 g/mol. The zero-order valence-corrected chi connectivity index (χ0v) is 17.9. The van der Waals surface area contributed by atoms with Crippen LogP contribution in [0.3, 0.4) is 0 Å². The van der Waals surface area contributed by atoms with Crippen LogP contribution in [-0.4, -0.2) is 34.2 Å². The van der Waals surface area contributed by atoms with Crippen molar-refractivity contribution < 1.29 is 18.0 Å². The van der Waals surface area contributed by atoms with Gasteiger partial charge in [-0.15, -0.1) is 0 Å². The summed E-state index contributed by atoms with van der Waals surface area (Å²) in [6.45, 7) is 5.34. The molecule has 0 amide bonds. The van der Waals surface area contributed by atoms with Gasteiger partial charge in [0, 0.05) is 18.2 Å². The van der Waals surface area contributed by atoms with Crippen molar-refractivity contribution in [3.05, 3.63) is 41.9 Å². The van der Waals surface area contributed by atoms with E-state index in [1.807, 2.05) is 6.92 Å². The fourth-order valence-electron chi connectivity index (χ4n) is 2.96. The maximum Gasteiger partial charge on any atom is 0.261 e. The van der Waals surface area contributed by atoms with E-state index in [9.17, 15) is 13.5 Å². The van der Waals surface area contributed by atoms with Gasteiger partial charge >= 0.3 is 0 Å². The molecule has 0 saturated carbocycles. The van der Waals surface area contributed by atoms with Crippen LogP contribution in [0.4, 0.5) is 5.82 Å². The Labute approximate surface area is 175 Å². The average Bonchev–Trinajstić information content (AvgIpc) is 3.14. The second-order valence-corrected chi connectivity index (χ2v) is 9.26. The van der Waals surface area contributed by atoms with Gasteiger partial charge in [0.05, 0.1) is 16.1 Å². The molecule has 3 rings (SSSR count). The molecule has 2 aromatic heterocycles. The summed E-state index contributed by atoms with van der Waals surface area (Å²) < 4.78 is 29.1. The summed E-state index contributed by atoms with van der Waals surface area (Å²) in [7, 11) is -3.90. The third-order valence-corrected chi connectivity index (χ3v) is 5.57. The number of benzene rings is 1. The number of hydrogen-bond acceptors (Lipinski definition) is 8. The Morgan fingerprint density at radius 2 is 1.93 bits per heavy atom. The summed E-state index contributed by atoms with van der Waals surface area (Å²) in [5, 5.41) is 19.3. The van der Waals surface area contributed by atoms with E-state index in [2.05, 4.69) is 15.1 Å². The van der Waals surface area contributed by atoms with Gasteiger partial charge in [0.2, 0.25) is 10.0 Å². The molecule has 10 heteroatoms. The second-order valence-electron chi connectivity index (χ2n) is 7.70. The van der Waals surface area contributed by atoms with Crippen LogP contribution in [0, 0.1) is 0 Å². The van der Waals surface area contributed by atoms with Gasteiger partial charge in [-0.1, -0.05) is 18.1 Å². The molecule has 3 aromatic rings. The smallest absolute Gasteiger partial charge is 0.261 e. The normalized spacial score (nSPS) is 12.3. The highest BCUT2D eigenvalue weighted by Crippen LogP contribution is 2.33. The minimum Gasteiger partial charge on any atom is -0.390 e. The molecule has 0 aliphatic heterocycles. The number of primary sulfonamides is 1. The molecule has 0 spiro atoms. The summed E-state index contributed by atoms with van der Waals surface area (Å²) in [5.41, 5.74) is 7.67. The number of hydrogen-bond donors (Lipinski definition) is 3. The third kappa shape index (κ3) is 5.02. The fraction of sp³-hybridized carbons (Fsp3) is 0.350. The lowest BCUT2D eigenvalue weighted by molar-refractivity contribution is 0.0714. The Morgan fingerprint density at radius 3 is 2.53 bits per heavy atom. The van der Waals surface area contributed by atoms with Crippen molar-refractivity contribution in [3.63, 3.8) is 0 Å². The lowest BCUT2D eigenvalue weighted by Crippen LogP contribution is -2.19. The number of aryl methyl sites for hydroxylation is 2. The minimum atomic E-state index is -3.90. The van der Waals surface area contributed by atoms with Crippen molar-refractivity contribution in [3.8, 4) is 22.6 Å². The number of nitrogens with zero attached hydrogens (tertiary/aromatic N) is 3. The third-order valence-electron chi connectivity index (χ3n) is 4.66. The molecule has 30 heavy (non-hydrogen) atoms. The molecular formula is C20H25N5O4S. The Kier molecular flexibility index (Phi) is 5.93. The van der Waals surface area contributed by atoms with E-state index in [1.165, 1.54) is 12.1 Å².